The van der Waals surface area contributed by atoms with Crippen LogP contribution in [0.1, 0.15) is 14.4 Å². The van der Waals surface area contributed by atoms with Gasteiger partial charge in [0.1, 0.15) is 0 Å². The van der Waals surface area contributed by atoms with Crippen molar-refractivity contribution in [2.75, 3.05) is 19.6 Å². The van der Waals surface area contributed by atoms with Gasteiger partial charge in [-0.3, -0.25) is 0 Å². The molecule has 1 aliphatic heterocycles. The molecule has 0 aromatic rings. The molecule has 0 saturated carbocycles. The fourth-order valence-electron chi connectivity index (χ4n) is 0.387. The Morgan fingerprint density at radius 3 is 2.00 bits per heavy atom. The minimum absolute atomic E-state index is 0. The number of hydrogen-bond donors (Lipinski definition) is 0. The van der Waals surface area contributed by atoms with E-state index in [-0.39, 0.29) is 7.43 Å². The Labute approximate surface area is 40.0 Å². The highest BCUT2D eigenvalue weighted by Gasteiger charge is 2.12. The second-order valence-electron chi connectivity index (χ2n) is 1.43. The van der Waals surface area contributed by atoms with Crippen LogP contribution in [0.25, 0.3) is 0 Å². The fraction of sp³-hybridized carbons (Fsp3) is 1.00. The van der Waals surface area contributed by atoms with E-state index in [1.807, 2.05) is 0 Å². The molecule has 6 heavy (non-hydrogen) atoms. The Balaban J connectivity index is 0.000000250. The molecule has 1 fully saturated rings. The van der Waals surface area contributed by atoms with Crippen molar-refractivity contribution in [2.45, 2.75) is 14.4 Å². The van der Waals surface area contributed by atoms with Crippen molar-refractivity contribution in [3.05, 3.63) is 0 Å². The molecular weight excluding hydrogens is 74.1 g/mol. The normalized spacial score (nSPS) is 19.5. The second-order valence-corrected chi connectivity index (χ2v) is 1.43. The summed E-state index contributed by atoms with van der Waals surface area (Å²) in [5.74, 6) is 0. The monoisotopic (exact) mass is 87.1 g/mol. The second kappa shape index (κ2) is 2.19. The molecule has 0 atom stereocenters. The molecule has 0 N–H and O–H groups in total. The number of rotatable bonds is 1. The third-order valence-corrected chi connectivity index (χ3v) is 0.987. The zero-order chi connectivity index (χ0) is 3.70. The van der Waals surface area contributed by atoms with Crippen LogP contribution < -0.4 is 0 Å². The summed E-state index contributed by atoms with van der Waals surface area (Å²) in [5, 5.41) is 0. The van der Waals surface area contributed by atoms with E-state index in [1.54, 1.807) is 0 Å². The lowest BCUT2D eigenvalue weighted by Crippen LogP contribution is -1.89. The molecule has 0 aromatic carbocycles. The van der Waals surface area contributed by atoms with Gasteiger partial charge in [-0.1, -0.05) is 14.4 Å². The maximum absolute atomic E-state index is 2.38. The van der Waals surface area contributed by atoms with Crippen molar-refractivity contribution in [1.29, 1.82) is 0 Å². The first kappa shape index (κ1) is 5.96. The molecule has 0 bridgehead atoms. The van der Waals surface area contributed by atoms with E-state index in [0.29, 0.717) is 0 Å². The molecule has 0 amide bonds. The van der Waals surface area contributed by atoms with Gasteiger partial charge in [-0.05, 0) is 6.54 Å². The minimum atomic E-state index is 0. The summed E-state index contributed by atoms with van der Waals surface area (Å²) in [5.41, 5.74) is 0. The summed E-state index contributed by atoms with van der Waals surface area (Å²) in [6.07, 6.45) is 0. The summed E-state index contributed by atoms with van der Waals surface area (Å²) in [7, 11) is 0. The van der Waals surface area contributed by atoms with E-state index in [1.165, 1.54) is 19.6 Å². The maximum atomic E-state index is 2.38. The highest BCUT2D eigenvalue weighted by atomic mass is 15.2. The Kier molecular flexibility index (Phi) is 2.18. The van der Waals surface area contributed by atoms with Crippen LogP contribution in [0, 0.1) is 0 Å². The maximum Gasteiger partial charge on any atom is 0.0110 e. The third kappa shape index (κ3) is 1.41. The first-order chi connectivity index (χ1) is 2.43. The lowest BCUT2D eigenvalue weighted by Gasteiger charge is -1.81. The average molecular weight is 87.2 g/mol. The van der Waals surface area contributed by atoms with E-state index < -0.39 is 0 Å². The van der Waals surface area contributed by atoms with Crippen LogP contribution in [-0.4, -0.2) is 24.5 Å². The SMILES string of the molecule is C.CCN1CC1. The third-order valence-electron chi connectivity index (χ3n) is 0.987. The Morgan fingerprint density at radius 2 is 2.00 bits per heavy atom. The van der Waals surface area contributed by atoms with E-state index >= 15 is 0 Å². The smallest absolute Gasteiger partial charge is 0.0110 e. The minimum Gasteiger partial charge on any atom is -0.301 e. The molecule has 1 heteroatoms. The van der Waals surface area contributed by atoms with Gasteiger partial charge < -0.3 is 4.90 Å². The number of hydrogen-bond acceptors (Lipinski definition) is 1. The summed E-state index contributed by atoms with van der Waals surface area (Å²) in [6, 6.07) is 0. The predicted octanol–water partition coefficient (Wildman–Crippen LogP) is 0.958. The quantitative estimate of drug-likeness (QED) is 0.430. The van der Waals surface area contributed by atoms with Gasteiger partial charge in [0.2, 0.25) is 0 Å². The Hall–Kier alpha value is -0.0400. The zero-order valence-corrected chi connectivity index (χ0v) is 3.57. The van der Waals surface area contributed by atoms with E-state index in [4.69, 9.17) is 0 Å². The van der Waals surface area contributed by atoms with Crippen LogP contribution in [0.15, 0.2) is 0 Å². The van der Waals surface area contributed by atoms with Gasteiger partial charge in [0, 0.05) is 13.1 Å². The molecule has 0 radical (unpaired) electrons. The van der Waals surface area contributed by atoms with Crippen LogP contribution in [0.3, 0.4) is 0 Å². The lowest BCUT2D eigenvalue weighted by atomic mass is 10.8. The molecule has 1 nitrogen and oxygen atoms in total. The summed E-state index contributed by atoms with van der Waals surface area (Å²) in [6.45, 7) is 6.12. The molecule has 1 rings (SSSR count). The summed E-state index contributed by atoms with van der Waals surface area (Å²) >= 11 is 0. The molecule has 0 unspecified atom stereocenters. The van der Waals surface area contributed by atoms with Crippen molar-refractivity contribution in [1.82, 2.24) is 4.90 Å². The molecule has 1 aliphatic rings. The topological polar surface area (TPSA) is 3.01 Å². The van der Waals surface area contributed by atoms with Gasteiger partial charge in [0.25, 0.3) is 0 Å². The van der Waals surface area contributed by atoms with Gasteiger partial charge in [0.15, 0.2) is 0 Å². The Bertz CT molecular complexity index is 30.9. The first-order valence-electron chi connectivity index (χ1n) is 2.16. The highest BCUT2D eigenvalue weighted by Crippen LogP contribution is 1.98. The lowest BCUT2D eigenvalue weighted by molar-refractivity contribution is 0.595. The van der Waals surface area contributed by atoms with E-state index in [9.17, 15) is 0 Å². The van der Waals surface area contributed by atoms with Crippen LogP contribution in [0.2, 0.25) is 0 Å². The van der Waals surface area contributed by atoms with Gasteiger partial charge >= 0.3 is 0 Å². The molecule has 1 saturated heterocycles. The van der Waals surface area contributed by atoms with Gasteiger partial charge in [-0.2, -0.15) is 0 Å². The van der Waals surface area contributed by atoms with Crippen LogP contribution >= 0.6 is 0 Å². The van der Waals surface area contributed by atoms with Gasteiger partial charge in [0.05, 0.1) is 0 Å². The van der Waals surface area contributed by atoms with Crippen molar-refractivity contribution in [3.8, 4) is 0 Å². The van der Waals surface area contributed by atoms with E-state index in [2.05, 4.69) is 11.8 Å². The zero-order valence-electron chi connectivity index (χ0n) is 3.57. The Morgan fingerprint density at radius 1 is 1.50 bits per heavy atom. The summed E-state index contributed by atoms with van der Waals surface area (Å²) in [4.78, 5) is 2.38. The van der Waals surface area contributed by atoms with Crippen molar-refractivity contribution in [2.24, 2.45) is 0 Å². The fourth-order valence-corrected chi connectivity index (χ4v) is 0.387. The predicted molar refractivity (Wildman–Crippen MR) is 28.8 cm³/mol. The molecule has 38 valence electrons. The van der Waals surface area contributed by atoms with Crippen LogP contribution in [0.5, 0.6) is 0 Å². The van der Waals surface area contributed by atoms with Crippen molar-refractivity contribution >= 4 is 0 Å². The van der Waals surface area contributed by atoms with Crippen LogP contribution in [-0.2, 0) is 0 Å². The molecule has 1 heterocycles. The molecule has 0 aliphatic carbocycles. The number of nitrogens with zero attached hydrogens (tertiary/aromatic N) is 1. The average Bonchev–Trinajstić information content (AvgIpc) is 2.12. The standard InChI is InChI=1S/C4H9N.CH4/c1-2-5-3-4-5;/h2-4H2,1H3;1H4. The molecule has 0 aromatic heterocycles. The van der Waals surface area contributed by atoms with E-state index in [0.717, 1.165) is 0 Å². The highest BCUT2D eigenvalue weighted by molar-refractivity contribution is 4.68. The van der Waals surface area contributed by atoms with Crippen molar-refractivity contribution < 1.29 is 0 Å². The van der Waals surface area contributed by atoms with Crippen molar-refractivity contribution in [3.63, 3.8) is 0 Å². The molecule has 0 spiro atoms. The van der Waals surface area contributed by atoms with Gasteiger partial charge in [-0.25, -0.2) is 0 Å². The largest absolute Gasteiger partial charge is 0.301 e. The van der Waals surface area contributed by atoms with Crippen LogP contribution in [0.4, 0.5) is 0 Å². The first-order valence-corrected chi connectivity index (χ1v) is 2.16. The number of likely N-dealkylation sites (N-methyl/N-ethyl adjacent to an activating group) is 1. The summed E-state index contributed by atoms with van der Waals surface area (Å²) < 4.78 is 0. The van der Waals surface area contributed by atoms with Gasteiger partial charge in [-0.15, -0.1) is 0 Å². The molecular formula is C5H13N.